The summed E-state index contributed by atoms with van der Waals surface area (Å²) < 4.78 is 5.92. The van der Waals surface area contributed by atoms with Crippen LogP contribution in [0.25, 0.3) is 0 Å². The number of rotatable bonds is 5. The molecule has 0 saturated heterocycles. The SMILES string of the molecule is Cc1ccc(Oc2ccc(N(c3c(O)ccc(C)c3C)c3c(O)ccc(C)c3C)cc2)cc1O. The van der Waals surface area contributed by atoms with Gasteiger partial charge in [0.2, 0.25) is 0 Å². The van der Waals surface area contributed by atoms with Crippen molar-refractivity contribution in [3.8, 4) is 28.7 Å². The number of phenols is 3. The van der Waals surface area contributed by atoms with Gasteiger partial charge in [-0.1, -0.05) is 18.2 Å². The molecular weight excluding hydrogens is 426 g/mol. The van der Waals surface area contributed by atoms with Crippen molar-refractivity contribution < 1.29 is 20.1 Å². The molecule has 0 aliphatic heterocycles. The Bertz CT molecular complexity index is 1300. The van der Waals surface area contributed by atoms with Crippen molar-refractivity contribution >= 4 is 17.1 Å². The first-order valence-corrected chi connectivity index (χ1v) is 11.1. The van der Waals surface area contributed by atoms with Crippen LogP contribution >= 0.6 is 0 Å². The third kappa shape index (κ3) is 4.25. The third-order valence-electron chi connectivity index (χ3n) is 6.32. The van der Waals surface area contributed by atoms with Gasteiger partial charge in [-0.05, 0) is 105 Å². The van der Waals surface area contributed by atoms with E-state index in [4.69, 9.17) is 4.74 Å². The number of hydrogen-bond donors (Lipinski definition) is 3. The minimum absolute atomic E-state index is 0.124. The fourth-order valence-electron chi connectivity index (χ4n) is 3.96. The lowest BCUT2D eigenvalue weighted by molar-refractivity contribution is 0.452. The monoisotopic (exact) mass is 455 g/mol. The largest absolute Gasteiger partial charge is 0.508 e. The first-order valence-electron chi connectivity index (χ1n) is 11.1. The molecule has 0 aliphatic rings. The lowest BCUT2D eigenvalue weighted by Gasteiger charge is -2.30. The lowest BCUT2D eigenvalue weighted by atomic mass is 10.0. The minimum atomic E-state index is 0.124. The molecule has 3 N–H and O–H groups in total. The molecule has 4 aromatic carbocycles. The van der Waals surface area contributed by atoms with Crippen LogP contribution < -0.4 is 9.64 Å². The molecule has 0 saturated carbocycles. The number of hydrogen-bond acceptors (Lipinski definition) is 5. The van der Waals surface area contributed by atoms with E-state index >= 15 is 0 Å². The predicted molar refractivity (Wildman–Crippen MR) is 136 cm³/mol. The van der Waals surface area contributed by atoms with Crippen molar-refractivity contribution in [2.75, 3.05) is 4.90 Å². The van der Waals surface area contributed by atoms with Crippen molar-refractivity contribution in [3.05, 3.63) is 94.5 Å². The molecule has 0 amide bonds. The van der Waals surface area contributed by atoms with E-state index in [0.29, 0.717) is 22.9 Å². The van der Waals surface area contributed by atoms with Crippen LogP contribution in [0.2, 0.25) is 0 Å². The van der Waals surface area contributed by atoms with Crippen molar-refractivity contribution in [3.63, 3.8) is 0 Å². The van der Waals surface area contributed by atoms with E-state index in [0.717, 1.165) is 33.5 Å². The van der Waals surface area contributed by atoms with E-state index in [1.165, 1.54) is 0 Å². The molecule has 0 aromatic heterocycles. The Balaban J connectivity index is 1.83. The first-order chi connectivity index (χ1) is 16.2. The van der Waals surface area contributed by atoms with Gasteiger partial charge in [0.1, 0.15) is 28.7 Å². The maximum absolute atomic E-state index is 10.9. The van der Waals surface area contributed by atoms with Crippen LogP contribution in [0.4, 0.5) is 17.1 Å². The average molecular weight is 456 g/mol. The molecule has 5 nitrogen and oxygen atoms in total. The standard InChI is InChI=1S/C29H29NO4/c1-17-7-14-25(31)28(20(17)4)30(29-21(5)18(2)8-15-26(29)32)22-9-12-23(13-10-22)34-24-11-6-19(3)27(33)16-24/h6-16,31-33H,1-5H3. The van der Waals surface area contributed by atoms with E-state index in [-0.39, 0.29) is 17.2 Å². The van der Waals surface area contributed by atoms with Crippen LogP contribution in [0.5, 0.6) is 28.7 Å². The van der Waals surface area contributed by atoms with Gasteiger partial charge in [0.25, 0.3) is 0 Å². The highest BCUT2D eigenvalue weighted by Crippen LogP contribution is 2.48. The summed E-state index contributed by atoms with van der Waals surface area (Å²) >= 11 is 0. The number of benzene rings is 4. The Morgan fingerprint density at radius 1 is 0.529 bits per heavy atom. The maximum atomic E-state index is 10.9. The number of aromatic hydroxyl groups is 3. The molecule has 0 atom stereocenters. The Morgan fingerprint density at radius 2 is 1.00 bits per heavy atom. The highest BCUT2D eigenvalue weighted by molar-refractivity contribution is 5.87. The summed E-state index contributed by atoms with van der Waals surface area (Å²) in [6, 6.07) is 19.7. The molecule has 0 radical (unpaired) electrons. The Morgan fingerprint density at radius 3 is 1.50 bits per heavy atom. The van der Waals surface area contributed by atoms with Crippen LogP contribution in [0.15, 0.2) is 66.7 Å². The smallest absolute Gasteiger partial charge is 0.139 e. The van der Waals surface area contributed by atoms with Gasteiger partial charge in [0.05, 0.1) is 11.4 Å². The fraction of sp³-hybridized carbons (Fsp3) is 0.172. The van der Waals surface area contributed by atoms with Crippen LogP contribution in [-0.2, 0) is 0 Å². The van der Waals surface area contributed by atoms with Crippen molar-refractivity contribution in [1.29, 1.82) is 0 Å². The summed E-state index contributed by atoms with van der Waals surface area (Å²) in [7, 11) is 0. The van der Waals surface area contributed by atoms with Gasteiger partial charge in [-0.15, -0.1) is 0 Å². The van der Waals surface area contributed by atoms with Crippen molar-refractivity contribution in [1.82, 2.24) is 0 Å². The lowest BCUT2D eigenvalue weighted by Crippen LogP contribution is -2.14. The summed E-state index contributed by atoms with van der Waals surface area (Å²) in [5.41, 5.74) is 6.64. The zero-order valence-corrected chi connectivity index (χ0v) is 20.0. The van der Waals surface area contributed by atoms with Gasteiger partial charge < -0.3 is 25.0 Å². The van der Waals surface area contributed by atoms with Gasteiger partial charge >= 0.3 is 0 Å². The van der Waals surface area contributed by atoms with E-state index in [9.17, 15) is 15.3 Å². The summed E-state index contributed by atoms with van der Waals surface area (Å²) in [4.78, 5) is 1.89. The summed E-state index contributed by atoms with van der Waals surface area (Å²) in [6.07, 6.45) is 0. The molecule has 5 heteroatoms. The number of aryl methyl sites for hydroxylation is 3. The fourth-order valence-corrected chi connectivity index (χ4v) is 3.96. The summed E-state index contributed by atoms with van der Waals surface area (Å²) in [5, 5.41) is 31.7. The zero-order valence-electron chi connectivity index (χ0n) is 20.0. The number of nitrogens with zero attached hydrogens (tertiary/aromatic N) is 1. The van der Waals surface area contributed by atoms with Gasteiger partial charge in [-0.2, -0.15) is 0 Å². The van der Waals surface area contributed by atoms with E-state index in [1.807, 2.05) is 75.9 Å². The van der Waals surface area contributed by atoms with E-state index in [1.54, 1.807) is 30.3 Å². The van der Waals surface area contributed by atoms with Crippen molar-refractivity contribution in [2.45, 2.75) is 34.6 Å². The first kappa shape index (κ1) is 23.1. The van der Waals surface area contributed by atoms with Gasteiger partial charge in [0.15, 0.2) is 0 Å². The molecule has 4 rings (SSSR count). The maximum Gasteiger partial charge on any atom is 0.139 e. The molecule has 34 heavy (non-hydrogen) atoms. The molecule has 0 unspecified atom stereocenters. The van der Waals surface area contributed by atoms with Gasteiger partial charge in [0, 0.05) is 11.8 Å². The molecule has 0 spiro atoms. The number of phenolic OH excluding ortho intramolecular Hbond substituents is 3. The average Bonchev–Trinajstić information content (AvgIpc) is 2.81. The Hall–Kier alpha value is -4.12. The van der Waals surface area contributed by atoms with Crippen LogP contribution in [0.1, 0.15) is 27.8 Å². The van der Waals surface area contributed by atoms with Crippen LogP contribution in [0.3, 0.4) is 0 Å². The second kappa shape index (κ2) is 9.02. The van der Waals surface area contributed by atoms with E-state index in [2.05, 4.69) is 0 Å². The number of anilines is 3. The molecule has 0 aliphatic carbocycles. The molecule has 0 bridgehead atoms. The van der Waals surface area contributed by atoms with Crippen molar-refractivity contribution in [2.24, 2.45) is 0 Å². The molecule has 4 aromatic rings. The highest BCUT2D eigenvalue weighted by Gasteiger charge is 2.24. The van der Waals surface area contributed by atoms with Crippen LogP contribution in [0, 0.1) is 34.6 Å². The predicted octanol–water partition coefficient (Wildman–Crippen LogP) is 7.61. The van der Waals surface area contributed by atoms with Gasteiger partial charge in [-0.25, -0.2) is 0 Å². The molecule has 0 fully saturated rings. The topological polar surface area (TPSA) is 73.2 Å². The second-order valence-electron chi connectivity index (χ2n) is 8.63. The third-order valence-corrected chi connectivity index (χ3v) is 6.32. The highest BCUT2D eigenvalue weighted by atomic mass is 16.5. The molecule has 0 heterocycles. The Labute approximate surface area is 200 Å². The van der Waals surface area contributed by atoms with E-state index < -0.39 is 0 Å². The van der Waals surface area contributed by atoms with Crippen LogP contribution in [-0.4, -0.2) is 15.3 Å². The minimum Gasteiger partial charge on any atom is -0.508 e. The second-order valence-corrected chi connectivity index (χ2v) is 8.63. The molecular formula is C29H29NO4. The normalized spacial score (nSPS) is 10.9. The number of ether oxygens (including phenoxy) is 1. The quantitative estimate of drug-likeness (QED) is 0.289. The van der Waals surface area contributed by atoms with Gasteiger partial charge in [-0.3, -0.25) is 0 Å². The summed E-state index contributed by atoms with van der Waals surface area (Å²) in [5.74, 6) is 1.56. The zero-order chi connectivity index (χ0) is 24.6. The Kier molecular flexibility index (Phi) is 6.12. The summed E-state index contributed by atoms with van der Waals surface area (Å²) in [6.45, 7) is 9.73. The molecule has 174 valence electrons.